The van der Waals surface area contributed by atoms with Crippen LogP contribution in [0.3, 0.4) is 0 Å². The predicted molar refractivity (Wildman–Crippen MR) is 35.7 cm³/mol. The van der Waals surface area contributed by atoms with Crippen molar-refractivity contribution in [3.05, 3.63) is 0 Å². The van der Waals surface area contributed by atoms with Crippen LogP contribution in [0.4, 0.5) is 0 Å². The highest BCUT2D eigenvalue weighted by Crippen LogP contribution is 2.48. The molecule has 0 spiro atoms. The van der Waals surface area contributed by atoms with Crippen LogP contribution >= 0.6 is 0 Å². The molecule has 3 saturated heterocycles. The molecule has 2 bridgehead atoms. The summed E-state index contributed by atoms with van der Waals surface area (Å²) in [5, 5.41) is 0. The Hall–Kier alpha value is -0.0800. The van der Waals surface area contributed by atoms with Gasteiger partial charge in [0.2, 0.25) is 0 Å². The first-order valence-corrected chi connectivity index (χ1v) is 4.13. The average Bonchev–Trinajstić information content (AvgIpc) is 2.43. The van der Waals surface area contributed by atoms with Gasteiger partial charge >= 0.3 is 0 Å². The van der Waals surface area contributed by atoms with Crippen LogP contribution in [0.5, 0.6) is 0 Å². The predicted octanol–water partition coefficient (Wildman–Crippen LogP) is 0.809. The van der Waals surface area contributed by atoms with Crippen molar-refractivity contribution in [3.63, 3.8) is 0 Å². The van der Waals surface area contributed by atoms with E-state index >= 15 is 0 Å². The Balaban J connectivity index is 2.00. The van der Waals surface area contributed by atoms with E-state index in [0.717, 1.165) is 12.5 Å². The Bertz CT molecular complexity index is 167. The van der Waals surface area contributed by atoms with Crippen molar-refractivity contribution in [1.82, 2.24) is 0 Å². The van der Waals surface area contributed by atoms with Crippen LogP contribution in [-0.2, 0) is 9.47 Å². The van der Waals surface area contributed by atoms with Gasteiger partial charge in [-0.1, -0.05) is 6.92 Å². The first-order valence-electron chi connectivity index (χ1n) is 4.13. The summed E-state index contributed by atoms with van der Waals surface area (Å²) in [5.41, 5.74) is 0. The average molecular weight is 140 g/mol. The Morgan fingerprint density at radius 3 is 2.90 bits per heavy atom. The topological polar surface area (TPSA) is 18.5 Å². The van der Waals surface area contributed by atoms with Gasteiger partial charge in [-0.2, -0.15) is 0 Å². The third kappa shape index (κ3) is 0.453. The van der Waals surface area contributed by atoms with Gasteiger partial charge in [-0.05, 0) is 6.42 Å². The second-order valence-corrected chi connectivity index (χ2v) is 3.79. The molecule has 3 aliphatic rings. The smallest absolute Gasteiger partial charge is 0.0895 e. The lowest BCUT2D eigenvalue weighted by Crippen LogP contribution is -2.29. The molecule has 0 N–H and O–H groups in total. The van der Waals surface area contributed by atoms with E-state index in [2.05, 4.69) is 6.92 Å². The van der Waals surface area contributed by atoms with Crippen LogP contribution in [0, 0.1) is 11.8 Å². The summed E-state index contributed by atoms with van der Waals surface area (Å²) in [7, 11) is 0. The summed E-state index contributed by atoms with van der Waals surface area (Å²) < 4.78 is 11.4. The highest BCUT2D eigenvalue weighted by atomic mass is 16.6. The minimum Gasteiger partial charge on any atom is -0.375 e. The third-order valence-electron chi connectivity index (χ3n) is 3.26. The fraction of sp³-hybridized carbons (Fsp3) is 1.00. The van der Waals surface area contributed by atoms with Gasteiger partial charge in [0.25, 0.3) is 0 Å². The summed E-state index contributed by atoms with van der Waals surface area (Å²) in [4.78, 5) is 0. The van der Waals surface area contributed by atoms with Crippen molar-refractivity contribution in [1.29, 1.82) is 0 Å². The maximum Gasteiger partial charge on any atom is 0.0895 e. The quantitative estimate of drug-likeness (QED) is 0.495. The van der Waals surface area contributed by atoms with Gasteiger partial charge in [0.15, 0.2) is 0 Å². The van der Waals surface area contributed by atoms with E-state index in [4.69, 9.17) is 9.47 Å². The number of hydrogen-bond acceptors (Lipinski definition) is 2. The molecular weight excluding hydrogens is 128 g/mol. The van der Waals surface area contributed by atoms with Crippen molar-refractivity contribution < 1.29 is 9.47 Å². The van der Waals surface area contributed by atoms with Crippen LogP contribution in [0.1, 0.15) is 13.3 Å². The van der Waals surface area contributed by atoms with Crippen molar-refractivity contribution in [2.24, 2.45) is 11.8 Å². The SMILES string of the molecule is CC1C2CC3COC1C3O2. The number of rotatable bonds is 0. The van der Waals surface area contributed by atoms with Crippen LogP contribution in [0.25, 0.3) is 0 Å². The second-order valence-electron chi connectivity index (χ2n) is 3.79. The number of fused-ring (bicyclic) bond motifs is 1. The zero-order valence-electron chi connectivity index (χ0n) is 6.12. The summed E-state index contributed by atoms with van der Waals surface area (Å²) in [6.45, 7) is 3.20. The highest BCUT2D eigenvalue weighted by Gasteiger charge is 2.56. The molecule has 5 atom stereocenters. The third-order valence-corrected chi connectivity index (χ3v) is 3.26. The molecular formula is C8H12O2. The summed E-state index contributed by atoms with van der Waals surface area (Å²) >= 11 is 0. The van der Waals surface area contributed by atoms with E-state index < -0.39 is 0 Å². The Morgan fingerprint density at radius 2 is 2.20 bits per heavy atom. The van der Waals surface area contributed by atoms with E-state index in [-0.39, 0.29) is 0 Å². The zero-order valence-corrected chi connectivity index (χ0v) is 6.12. The minimum atomic E-state index is 0.448. The number of ether oxygens (including phenoxy) is 2. The van der Waals surface area contributed by atoms with E-state index in [1.807, 2.05) is 0 Å². The molecule has 0 amide bonds. The van der Waals surface area contributed by atoms with Gasteiger partial charge in [0, 0.05) is 11.8 Å². The molecule has 0 aromatic heterocycles. The largest absolute Gasteiger partial charge is 0.375 e. The van der Waals surface area contributed by atoms with Crippen molar-refractivity contribution in [3.8, 4) is 0 Å². The summed E-state index contributed by atoms with van der Waals surface area (Å²) in [5.74, 6) is 1.40. The number of hydrogen-bond donors (Lipinski definition) is 0. The van der Waals surface area contributed by atoms with E-state index in [1.54, 1.807) is 0 Å². The molecule has 5 unspecified atom stereocenters. The standard InChI is InChI=1S/C8H12O2/c1-4-6-2-5-3-9-7(4)8(5)10-6/h4-8H,2-3H2,1H3. The molecule has 2 nitrogen and oxygen atoms in total. The van der Waals surface area contributed by atoms with Crippen molar-refractivity contribution >= 4 is 0 Å². The van der Waals surface area contributed by atoms with Crippen LogP contribution in [-0.4, -0.2) is 24.9 Å². The molecule has 10 heavy (non-hydrogen) atoms. The lowest BCUT2D eigenvalue weighted by atomic mass is 9.84. The van der Waals surface area contributed by atoms with Gasteiger partial charge in [0.05, 0.1) is 24.9 Å². The first-order chi connectivity index (χ1) is 4.86. The molecule has 2 heteroatoms. The van der Waals surface area contributed by atoms with E-state index in [9.17, 15) is 0 Å². The highest BCUT2D eigenvalue weighted by molar-refractivity contribution is 5.03. The van der Waals surface area contributed by atoms with Crippen LogP contribution in [0.2, 0.25) is 0 Å². The van der Waals surface area contributed by atoms with Gasteiger partial charge < -0.3 is 9.47 Å². The molecule has 0 aromatic carbocycles. The molecule has 3 heterocycles. The lowest BCUT2D eigenvalue weighted by molar-refractivity contribution is 0.0629. The van der Waals surface area contributed by atoms with Gasteiger partial charge in [-0.3, -0.25) is 0 Å². The molecule has 0 saturated carbocycles. The summed E-state index contributed by atoms with van der Waals surface area (Å²) in [6, 6.07) is 0. The molecule has 56 valence electrons. The molecule has 0 aliphatic carbocycles. The molecule has 3 aliphatic heterocycles. The van der Waals surface area contributed by atoms with Gasteiger partial charge in [0.1, 0.15) is 0 Å². The van der Waals surface area contributed by atoms with E-state index in [0.29, 0.717) is 24.2 Å². The van der Waals surface area contributed by atoms with Crippen molar-refractivity contribution in [2.45, 2.75) is 31.7 Å². The van der Waals surface area contributed by atoms with Crippen LogP contribution < -0.4 is 0 Å². The fourth-order valence-corrected chi connectivity index (χ4v) is 2.64. The second kappa shape index (κ2) is 1.56. The summed E-state index contributed by atoms with van der Waals surface area (Å²) in [6.07, 6.45) is 2.70. The van der Waals surface area contributed by atoms with E-state index in [1.165, 1.54) is 6.42 Å². The maximum atomic E-state index is 5.75. The monoisotopic (exact) mass is 140 g/mol. The molecule has 0 aromatic rings. The first kappa shape index (κ1) is 5.56. The molecule has 3 rings (SSSR count). The van der Waals surface area contributed by atoms with Gasteiger partial charge in [-0.25, -0.2) is 0 Å². The Morgan fingerprint density at radius 1 is 1.30 bits per heavy atom. The molecule has 0 radical (unpaired) electrons. The molecule has 3 fully saturated rings. The normalized spacial score (nSPS) is 63.9. The lowest BCUT2D eigenvalue weighted by Gasteiger charge is -2.18. The van der Waals surface area contributed by atoms with Crippen LogP contribution in [0.15, 0.2) is 0 Å². The zero-order chi connectivity index (χ0) is 6.72. The minimum absolute atomic E-state index is 0.448. The fourth-order valence-electron chi connectivity index (χ4n) is 2.64. The van der Waals surface area contributed by atoms with Gasteiger partial charge in [-0.15, -0.1) is 0 Å². The Kier molecular flexibility index (Phi) is 0.868. The maximum absolute atomic E-state index is 5.75. The Labute approximate surface area is 60.5 Å². The van der Waals surface area contributed by atoms with Crippen molar-refractivity contribution in [2.75, 3.05) is 6.61 Å².